The van der Waals surface area contributed by atoms with Crippen molar-refractivity contribution >= 4 is 26.4 Å². The molecule has 5 heavy (non-hydrogen) atoms. The summed E-state index contributed by atoms with van der Waals surface area (Å²) in [4.78, 5) is 0. The van der Waals surface area contributed by atoms with Gasteiger partial charge in [0.05, 0.1) is 0 Å². The van der Waals surface area contributed by atoms with E-state index in [2.05, 4.69) is 11.2 Å². The molecule has 3 heteroatoms. The molecule has 0 aliphatic rings. The number of hydrogen-bond acceptors (Lipinski definition) is 1. The molecule has 0 amide bonds. The van der Waals surface area contributed by atoms with Crippen LogP contribution in [-0.4, -0.2) is 12.3 Å². The Balaban J connectivity index is 3.39. The zero-order valence-corrected chi connectivity index (χ0v) is 4.73. The Morgan fingerprint density at radius 3 is 2.20 bits per heavy atom. The minimum atomic E-state index is -0.239. The van der Waals surface area contributed by atoms with Crippen LogP contribution < -0.4 is 0 Å². The molecule has 0 saturated heterocycles. The van der Waals surface area contributed by atoms with Gasteiger partial charge in [-0.25, -0.2) is 0 Å². The van der Waals surface area contributed by atoms with Crippen LogP contribution in [-0.2, 0) is 19.9 Å². The molecule has 0 spiro atoms. The van der Waals surface area contributed by atoms with Gasteiger partial charge in [0.25, 0.3) is 0 Å². The third-order valence-electron chi connectivity index (χ3n) is 0.285. The third-order valence-corrected chi connectivity index (χ3v) is 1.56. The van der Waals surface area contributed by atoms with Crippen LogP contribution in [0.15, 0.2) is 0 Å². The van der Waals surface area contributed by atoms with Gasteiger partial charge in [-0.1, -0.05) is 0 Å². The average molecular weight is 104 g/mol. The first-order valence-electron chi connectivity index (χ1n) is 1.40. The van der Waals surface area contributed by atoms with Crippen molar-refractivity contribution in [1.82, 2.24) is 0 Å². The molecule has 0 heterocycles. The standard InChI is InChI=1S/C2H5BS2/c1-2-5(3)4/h2H2,1H3. The van der Waals surface area contributed by atoms with Crippen molar-refractivity contribution in [1.29, 1.82) is 0 Å². The normalized spacial score (nSPS) is 7.80. The number of rotatable bonds is 0. The van der Waals surface area contributed by atoms with E-state index in [0.29, 0.717) is 0 Å². The van der Waals surface area contributed by atoms with Crippen LogP contribution in [0.1, 0.15) is 6.92 Å². The van der Waals surface area contributed by atoms with Crippen molar-refractivity contribution in [2.75, 3.05) is 5.75 Å². The van der Waals surface area contributed by atoms with Gasteiger partial charge in [-0.15, -0.1) is 0 Å². The molecule has 0 radical (unpaired) electrons. The van der Waals surface area contributed by atoms with Crippen molar-refractivity contribution in [3.05, 3.63) is 0 Å². The summed E-state index contributed by atoms with van der Waals surface area (Å²) in [5.41, 5.74) is 0. The molecule has 0 aromatic heterocycles. The second-order valence-electron chi connectivity index (χ2n) is 0.669. The van der Waals surface area contributed by atoms with E-state index in [0.717, 1.165) is 5.75 Å². The van der Waals surface area contributed by atoms with Crippen LogP contribution in [0.5, 0.6) is 0 Å². The molecule has 0 rings (SSSR count). The summed E-state index contributed by atoms with van der Waals surface area (Å²) in [6.07, 6.45) is 0. The van der Waals surface area contributed by atoms with E-state index in [9.17, 15) is 0 Å². The molecule has 0 unspecified atom stereocenters. The SMILES string of the molecule is B#S(=S)CC. The second kappa shape index (κ2) is 2.73. The fourth-order valence-electron chi connectivity index (χ4n) is 0. The molecule has 0 saturated carbocycles. The Hall–Kier alpha value is 0.505. The van der Waals surface area contributed by atoms with E-state index >= 15 is 0 Å². The Kier molecular flexibility index (Phi) is 3.00. The molecule has 0 N–H and O–H groups in total. The molecule has 0 fully saturated rings. The van der Waals surface area contributed by atoms with E-state index in [-0.39, 0.29) is 8.69 Å². The van der Waals surface area contributed by atoms with Crippen LogP contribution >= 0.6 is 0 Å². The van der Waals surface area contributed by atoms with Gasteiger partial charge in [0.2, 0.25) is 0 Å². The van der Waals surface area contributed by atoms with Crippen molar-refractivity contribution in [3.8, 4) is 0 Å². The zero-order chi connectivity index (χ0) is 4.28. The fraction of sp³-hybridized carbons (Fsp3) is 1.00. The van der Waals surface area contributed by atoms with Gasteiger partial charge in [-0.3, -0.25) is 0 Å². The molecule has 0 aliphatic carbocycles. The maximum atomic E-state index is 5.13. The monoisotopic (exact) mass is 104 g/mol. The Morgan fingerprint density at radius 1 is 2.00 bits per heavy atom. The summed E-state index contributed by atoms with van der Waals surface area (Å²) in [5.74, 6) is 0.926. The second-order valence-corrected chi connectivity index (χ2v) is 3.29. The van der Waals surface area contributed by atoms with E-state index in [1.807, 2.05) is 6.92 Å². The maximum absolute atomic E-state index is 5.13. The van der Waals surface area contributed by atoms with Crippen molar-refractivity contribution in [2.45, 2.75) is 6.92 Å². The van der Waals surface area contributed by atoms with Crippen molar-refractivity contribution < 1.29 is 0 Å². The van der Waals surface area contributed by atoms with Crippen molar-refractivity contribution in [2.24, 2.45) is 0 Å². The summed E-state index contributed by atoms with van der Waals surface area (Å²) in [5, 5.41) is 0. The third kappa shape index (κ3) is 4.50. The van der Waals surface area contributed by atoms with E-state index < -0.39 is 0 Å². The summed E-state index contributed by atoms with van der Waals surface area (Å²) < 4.78 is 0. The first kappa shape index (κ1) is 5.50. The summed E-state index contributed by atoms with van der Waals surface area (Å²) in [6.45, 7) is 7.12. The topological polar surface area (TPSA) is 0 Å². The van der Waals surface area contributed by atoms with Gasteiger partial charge in [-0.2, -0.15) is 0 Å². The Morgan fingerprint density at radius 2 is 2.20 bits per heavy atom. The first-order chi connectivity index (χ1) is 2.27. The molecule has 0 bridgehead atoms. The van der Waals surface area contributed by atoms with E-state index in [1.165, 1.54) is 0 Å². The Bertz CT molecular complexity index is 109. The number of hydrogen-bond donors (Lipinski definition) is 0. The van der Waals surface area contributed by atoms with Crippen LogP contribution in [0.3, 0.4) is 0 Å². The van der Waals surface area contributed by atoms with Gasteiger partial charge in [0, 0.05) is 0 Å². The van der Waals surface area contributed by atoms with Gasteiger partial charge < -0.3 is 0 Å². The van der Waals surface area contributed by atoms with Gasteiger partial charge in [0.1, 0.15) is 0 Å². The predicted octanol–water partition coefficient (Wildman–Crippen LogP) is 0.170. The van der Waals surface area contributed by atoms with Crippen LogP contribution in [0, 0.1) is 0 Å². The van der Waals surface area contributed by atoms with Crippen molar-refractivity contribution in [3.63, 3.8) is 0 Å². The predicted molar refractivity (Wildman–Crippen MR) is 31.0 cm³/mol. The van der Waals surface area contributed by atoms with Gasteiger partial charge in [0.15, 0.2) is 0 Å². The average Bonchev–Trinajstić information content (AvgIpc) is 1.38. The van der Waals surface area contributed by atoms with Gasteiger partial charge >= 0.3 is 39.1 Å². The first-order valence-corrected chi connectivity index (χ1v) is 3.78. The van der Waals surface area contributed by atoms with E-state index in [1.54, 1.807) is 0 Å². The molecule has 0 nitrogen and oxygen atoms in total. The quantitative estimate of drug-likeness (QED) is 0.395. The molecule has 0 atom stereocenters. The minimum absolute atomic E-state index is 0.239. The molecule has 0 aromatic carbocycles. The summed E-state index contributed by atoms with van der Waals surface area (Å²) in [7, 11) is -0.239. The summed E-state index contributed by atoms with van der Waals surface area (Å²) >= 11 is 4.59. The summed E-state index contributed by atoms with van der Waals surface area (Å²) in [6, 6.07) is 0. The zero-order valence-electron chi connectivity index (χ0n) is 3.10. The molecular weight excluding hydrogens is 99.0 g/mol. The van der Waals surface area contributed by atoms with Crippen LogP contribution in [0.25, 0.3) is 0 Å². The molecule has 28 valence electrons. The van der Waals surface area contributed by atoms with Gasteiger partial charge in [-0.05, 0) is 0 Å². The van der Waals surface area contributed by atoms with Crippen LogP contribution in [0.2, 0.25) is 0 Å². The molecular formula is C2H5BS2. The van der Waals surface area contributed by atoms with E-state index in [4.69, 9.17) is 6.53 Å². The molecule has 0 aliphatic heterocycles. The fourth-order valence-corrected chi connectivity index (χ4v) is 0. The van der Waals surface area contributed by atoms with Crippen LogP contribution in [0.4, 0.5) is 0 Å². The molecule has 0 aromatic rings. The Labute approximate surface area is 39.6 Å².